The van der Waals surface area contributed by atoms with Crippen molar-refractivity contribution < 1.29 is 23.9 Å². The van der Waals surface area contributed by atoms with Crippen molar-refractivity contribution in [3.8, 4) is 0 Å². The number of nitrogens with zero attached hydrogens (tertiary/aromatic N) is 1. The molecule has 7 heteroatoms. The van der Waals surface area contributed by atoms with Gasteiger partial charge in [0.1, 0.15) is 0 Å². The van der Waals surface area contributed by atoms with E-state index in [1.165, 1.54) is 17.0 Å². The number of imide groups is 1. The van der Waals surface area contributed by atoms with Gasteiger partial charge in [0, 0.05) is 5.69 Å². The van der Waals surface area contributed by atoms with E-state index >= 15 is 0 Å². The highest BCUT2D eigenvalue weighted by Gasteiger charge is 2.61. The lowest BCUT2D eigenvalue weighted by molar-refractivity contribution is -0.123. The van der Waals surface area contributed by atoms with E-state index in [0.29, 0.717) is 23.2 Å². The quantitative estimate of drug-likeness (QED) is 0.595. The van der Waals surface area contributed by atoms with Crippen molar-refractivity contribution in [2.45, 2.75) is 19.3 Å². The van der Waals surface area contributed by atoms with E-state index in [4.69, 9.17) is 4.74 Å². The molecule has 1 aliphatic heterocycles. The smallest absolute Gasteiger partial charge is 0.338 e. The summed E-state index contributed by atoms with van der Waals surface area (Å²) in [4.78, 5) is 51.3. The van der Waals surface area contributed by atoms with Crippen molar-refractivity contribution in [2.24, 2.45) is 23.7 Å². The molecule has 1 N–H and O–H groups in total. The Balaban J connectivity index is 1.21. The fraction of sp³-hybridized carbons (Fsp3) is 0.333. The lowest BCUT2D eigenvalue weighted by Crippen LogP contribution is -2.32. The van der Waals surface area contributed by atoms with E-state index in [1.807, 2.05) is 6.07 Å². The van der Waals surface area contributed by atoms with Crippen molar-refractivity contribution in [1.82, 2.24) is 0 Å². The molecule has 0 aromatic heterocycles. The van der Waals surface area contributed by atoms with Crippen LogP contribution in [-0.4, -0.2) is 30.3 Å². The maximum absolute atomic E-state index is 12.9. The normalized spacial score (nSPS) is 26.1. The molecule has 2 aromatic carbocycles. The average molecular weight is 418 g/mol. The van der Waals surface area contributed by atoms with Crippen LogP contribution in [0.15, 0.2) is 54.6 Å². The van der Waals surface area contributed by atoms with Gasteiger partial charge >= 0.3 is 5.97 Å². The molecule has 2 bridgehead atoms. The van der Waals surface area contributed by atoms with Gasteiger partial charge in [-0.05, 0) is 67.5 Å². The molecule has 3 fully saturated rings. The molecule has 2 aromatic rings. The summed E-state index contributed by atoms with van der Waals surface area (Å²) in [7, 11) is 0. The predicted octanol–water partition coefficient (Wildman–Crippen LogP) is 3.02. The lowest BCUT2D eigenvalue weighted by Gasteiger charge is -2.19. The number of amides is 3. The molecule has 1 saturated heterocycles. The zero-order chi connectivity index (χ0) is 21.5. The van der Waals surface area contributed by atoms with Crippen LogP contribution in [0.1, 0.15) is 29.6 Å². The van der Waals surface area contributed by atoms with Gasteiger partial charge in [-0.1, -0.05) is 18.2 Å². The van der Waals surface area contributed by atoms with Crippen LogP contribution < -0.4 is 10.2 Å². The Morgan fingerprint density at radius 3 is 2.13 bits per heavy atom. The number of carbonyl (C=O) groups is 4. The maximum atomic E-state index is 12.9. The van der Waals surface area contributed by atoms with Gasteiger partial charge in [0.25, 0.3) is 5.91 Å². The number of benzene rings is 2. The van der Waals surface area contributed by atoms with Crippen LogP contribution in [0.5, 0.6) is 0 Å². The number of nitrogens with one attached hydrogen (secondary N) is 1. The molecule has 0 radical (unpaired) electrons. The fourth-order valence-corrected chi connectivity index (χ4v) is 5.34. The minimum atomic E-state index is -0.649. The first-order valence-corrected chi connectivity index (χ1v) is 10.5. The number of hydrogen-bond donors (Lipinski definition) is 1. The molecule has 1 heterocycles. The van der Waals surface area contributed by atoms with Crippen molar-refractivity contribution in [2.75, 3.05) is 16.8 Å². The maximum Gasteiger partial charge on any atom is 0.338 e. The summed E-state index contributed by atoms with van der Waals surface area (Å²) in [6.07, 6.45) is 3.05. The number of hydrogen-bond acceptors (Lipinski definition) is 5. The Kier molecular flexibility index (Phi) is 4.81. The zero-order valence-electron chi connectivity index (χ0n) is 16.8. The predicted molar refractivity (Wildman–Crippen MR) is 112 cm³/mol. The standard InChI is InChI=1S/C24H22N2O5/c27-19(25-17-4-2-1-3-5-17)13-31-24(30)14-8-10-18(11-9-14)26-22(28)20-15-6-7-16(12-15)21(20)23(26)29/h1-5,8-11,15-16,20-21H,6-7,12-13H2,(H,25,27)/t15-,16+,20-,21-/m0/s1. The molecule has 3 aliphatic rings. The van der Waals surface area contributed by atoms with E-state index in [9.17, 15) is 19.2 Å². The molecule has 31 heavy (non-hydrogen) atoms. The van der Waals surface area contributed by atoms with Crippen molar-refractivity contribution in [1.29, 1.82) is 0 Å². The van der Waals surface area contributed by atoms with Crippen molar-refractivity contribution >= 4 is 35.1 Å². The summed E-state index contributed by atoms with van der Waals surface area (Å²) in [5.74, 6) is -1.03. The van der Waals surface area contributed by atoms with Crippen molar-refractivity contribution in [3.63, 3.8) is 0 Å². The zero-order valence-corrected chi connectivity index (χ0v) is 16.8. The number of esters is 1. The fourth-order valence-electron chi connectivity index (χ4n) is 5.34. The molecule has 0 unspecified atom stereocenters. The topological polar surface area (TPSA) is 92.8 Å². The second kappa shape index (κ2) is 7.65. The highest BCUT2D eigenvalue weighted by molar-refractivity contribution is 6.22. The molecule has 7 nitrogen and oxygen atoms in total. The van der Waals surface area contributed by atoms with Crippen molar-refractivity contribution in [3.05, 3.63) is 60.2 Å². The highest BCUT2D eigenvalue weighted by atomic mass is 16.5. The van der Waals surface area contributed by atoms with Gasteiger partial charge in [0.2, 0.25) is 11.8 Å². The summed E-state index contributed by atoms with van der Waals surface area (Å²) < 4.78 is 5.07. The van der Waals surface area contributed by atoms with Gasteiger partial charge in [0.05, 0.1) is 23.1 Å². The summed E-state index contributed by atoms with van der Waals surface area (Å²) in [6, 6.07) is 15.1. The molecule has 158 valence electrons. The van der Waals surface area contributed by atoms with E-state index in [1.54, 1.807) is 36.4 Å². The second-order valence-electron chi connectivity index (χ2n) is 8.43. The number of anilines is 2. The minimum Gasteiger partial charge on any atom is -0.452 e. The number of ether oxygens (including phenoxy) is 1. The van der Waals surface area contributed by atoms with Crippen LogP contribution in [0, 0.1) is 23.7 Å². The summed E-state index contributed by atoms with van der Waals surface area (Å²) in [5, 5.41) is 2.64. The minimum absolute atomic E-state index is 0.116. The molecule has 5 rings (SSSR count). The van der Waals surface area contributed by atoms with Gasteiger partial charge in [0.15, 0.2) is 6.61 Å². The molecule has 2 saturated carbocycles. The summed E-state index contributed by atoms with van der Waals surface area (Å²) in [5.41, 5.74) is 1.34. The number of rotatable bonds is 5. The Labute approximate surface area is 179 Å². The number of carbonyl (C=O) groups excluding carboxylic acids is 4. The van der Waals surface area contributed by atoms with Crippen LogP contribution in [0.4, 0.5) is 11.4 Å². The Morgan fingerprint density at radius 2 is 1.52 bits per heavy atom. The first-order valence-electron chi connectivity index (χ1n) is 10.5. The van der Waals surface area contributed by atoms with Crippen LogP contribution in [0.2, 0.25) is 0 Å². The molecule has 4 atom stereocenters. The molecular formula is C24H22N2O5. The monoisotopic (exact) mass is 418 g/mol. The van der Waals surface area contributed by atoms with Gasteiger partial charge < -0.3 is 10.1 Å². The van der Waals surface area contributed by atoms with Gasteiger partial charge in [-0.15, -0.1) is 0 Å². The van der Waals surface area contributed by atoms with Gasteiger partial charge in [-0.2, -0.15) is 0 Å². The Morgan fingerprint density at radius 1 is 0.903 bits per heavy atom. The number of fused-ring (bicyclic) bond motifs is 5. The second-order valence-corrected chi connectivity index (χ2v) is 8.43. The van der Waals surface area contributed by atoms with Crippen LogP contribution >= 0.6 is 0 Å². The van der Waals surface area contributed by atoms with E-state index in [-0.39, 0.29) is 29.2 Å². The van der Waals surface area contributed by atoms with Crippen LogP contribution in [0.25, 0.3) is 0 Å². The summed E-state index contributed by atoms with van der Waals surface area (Å²) >= 11 is 0. The largest absolute Gasteiger partial charge is 0.452 e. The molecule has 2 aliphatic carbocycles. The van der Waals surface area contributed by atoms with E-state index in [0.717, 1.165) is 19.3 Å². The number of para-hydroxylation sites is 1. The third-order valence-electron chi connectivity index (χ3n) is 6.68. The van der Waals surface area contributed by atoms with E-state index in [2.05, 4.69) is 5.32 Å². The first-order chi connectivity index (χ1) is 15.0. The average Bonchev–Trinajstić information content (AvgIpc) is 3.47. The van der Waals surface area contributed by atoms with Crippen LogP contribution in [0.3, 0.4) is 0 Å². The van der Waals surface area contributed by atoms with E-state index < -0.39 is 18.5 Å². The van der Waals surface area contributed by atoms with Gasteiger partial charge in [-0.25, -0.2) is 4.79 Å². The SMILES string of the molecule is O=C(COC(=O)c1ccc(N2C(=O)[C@H]3[C@@H]4CC[C@@H](C4)[C@@H]3C2=O)cc1)Nc1ccccc1. The van der Waals surface area contributed by atoms with Gasteiger partial charge in [-0.3, -0.25) is 19.3 Å². The Hall–Kier alpha value is -3.48. The Bertz CT molecular complexity index is 1020. The first kappa shape index (κ1) is 19.5. The molecule has 3 amide bonds. The van der Waals surface area contributed by atoms with Crippen LogP contribution in [-0.2, 0) is 19.1 Å². The highest BCUT2D eigenvalue weighted by Crippen LogP contribution is 2.56. The lowest BCUT2D eigenvalue weighted by atomic mass is 9.81. The molecule has 0 spiro atoms. The summed E-state index contributed by atoms with van der Waals surface area (Å²) in [6.45, 7) is -0.412. The third-order valence-corrected chi connectivity index (χ3v) is 6.68. The third kappa shape index (κ3) is 3.40. The molecular weight excluding hydrogens is 396 g/mol.